The standard InChI is InChI=1S/C8H5N5O/c9-5-6-1-3-7(4-2-6)14-8-10-12-13-11-8/h1-4H,(H,10,11,12,13). The summed E-state index contributed by atoms with van der Waals surface area (Å²) in [5.74, 6) is 0.561. The molecule has 68 valence electrons. The molecule has 0 bridgehead atoms. The number of rotatable bonds is 2. The van der Waals surface area contributed by atoms with Gasteiger partial charge in [-0.25, -0.2) is 0 Å². The highest BCUT2D eigenvalue weighted by Gasteiger charge is 2.00. The third kappa shape index (κ3) is 1.67. The maximum atomic E-state index is 8.55. The van der Waals surface area contributed by atoms with Gasteiger partial charge in [-0.2, -0.15) is 10.5 Å². The van der Waals surface area contributed by atoms with Crippen molar-refractivity contribution in [2.45, 2.75) is 0 Å². The van der Waals surface area contributed by atoms with Gasteiger partial charge in [0, 0.05) is 0 Å². The third-order valence-corrected chi connectivity index (χ3v) is 1.52. The first kappa shape index (κ1) is 8.19. The predicted molar refractivity (Wildman–Crippen MR) is 45.4 cm³/mol. The first-order valence-electron chi connectivity index (χ1n) is 3.80. The van der Waals surface area contributed by atoms with Gasteiger partial charge in [0.1, 0.15) is 5.75 Å². The Hall–Kier alpha value is -2.42. The zero-order valence-electron chi connectivity index (χ0n) is 7.01. The largest absolute Gasteiger partial charge is 0.422 e. The number of nitrogens with one attached hydrogen (secondary N) is 1. The summed E-state index contributed by atoms with van der Waals surface area (Å²) in [6, 6.07) is 8.78. The van der Waals surface area contributed by atoms with Crippen LogP contribution in [0.25, 0.3) is 0 Å². The second kappa shape index (κ2) is 3.53. The van der Waals surface area contributed by atoms with Crippen LogP contribution in [0.4, 0.5) is 0 Å². The Balaban J connectivity index is 2.15. The van der Waals surface area contributed by atoms with E-state index in [0.717, 1.165) is 0 Å². The Morgan fingerprint density at radius 3 is 2.64 bits per heavy atom. The Bertz CT molecular complexity index is 442. The highest BCUT2D eigenvalue weighted by molar-refractivity contribution is 5.35. The Kier molecular flexibility index (Phi) is 2.07. The van der Waals surface area contributed by atoms with Gasteiger partial charge in [0.25, 0.3) is 0 Å². The molecule has 6 heteroatoms. The summed E-state index contributed by atoms with van der Waals surface area (Å²) < 4.78 is 5.19. The maximum Gasteiger partial charge on any atom is 0.361 e. The number of benzene rings is 1. The highest BCUT2D eigenvalue weighted by atomic mass is 16.5. The van der Waals surface area contributed by atoms with Crippen LogP contribution in [-0.4, -0.2) is 20.6 Å². The second-order valence-electron chi connectivity index (χ2n) is 2.43. The second-order valence-corrected chi connectivity index (χ2v) is 2.43. The van der Waals surface area contributed by atoms with E-state index in [1.165, 1.54) is 0 Å². The monoisotopic (exact) mass is 187 g/mol. The lowest BCUT2D eigenvalue weighted by Crippen LogP contribution is -1.86. The summed E-state index contributed by atoms with van der Waals surface area (Å²) in [6.07, 6.45) is 0. The number of hydrogen-bond donors (Lipinski definition) is 1. The lowest BCUT2D eigenvalue weighted by Gasteiger charge is -1.98. The number of aromatic nitrogens is 4. The van der Waals surface area contributed by atoms with Gasteiger partial charge in [-0.3, -0.25) is 0 Å². The first-order valence-corrected chi connectivity index (χ1v) is 3.80. The molecule has 0 aliphatic carbocycles. The summed E-state index contributed by atoms with van der Waals surface area (Å²) in [7, 11) is 0. The van der Waals surface area contributed by atoms with Crippen molar-refractivity contribution in [2.24, 2.45) is 0 Å². The van der Waals surface area contributed by atoms with E-state index in [4.69, 9.17) is 10.00 Å². The lowest BCUT2D eigenvalue weighted by atomic mass is 10.2. The maximum absolute atomic E-state index is 8.55. The van der Waals surface area contributed by atoms with Gasteiger partial charge in [0.2, 0.25) is 0 Å². The fourth-order valence-corrected chi connectivity index (χ4v) is 0.899. The van der Waals surface area contributed by atoms with Crippen LogP contribution in [-0.2, 0) is 0 Å². The zero-order chi connectivity index (χ0) is 9.80. The number of H-pyrrole nitrogens is 1. The number of tetrazole rings is 1. The fraction of sp³-hybridized carbons (Fsp3) is 0. The molecular formula is C8H5N5O. The minimum Gasteiger partial charge on any atom is -0.422 e. The molecule has 0 saturated heterocycles. The molecule has 0 atom stereocenters. The Labute approximate surface area is 79.1 Å². The molecule has 0 unspecified atom stereocenters. The Morgan fingerprint density at radius 2 is 2.07 bits per heavy atom. The molecule has 0 saturated carbocycles. The lowest BCUT2D eigenvalue weighted by molar-refractivity contribution is 0.442. The molecule has 1 aromatic heterocycles. The van der Waals surface area contributed by atoms with Crippen LogP contribution in [0.15, 0.2) is 24.3 Å². The van der Waals surface area contributed by atoms with Crippen LogP contribution < -0.4 is 4.74 Å². The van der Waals surface area contributed by atoms with Crippen LogP contribution in [0.2, 0.25) is 0 Å². The molecule has 6 nitrogen and oxygen atoms in total. The smallest absolute Gasteiger partial charge is 0.361 e. The molecule has 0 radical (unpaired) electrons. The molecule has 1 aromatic carbocycles. The van der Waals surface area contributed by atoms with Crippen molar-refractivity contribution in [1.82, 2.24) is 20.6 Å². The number of nitriles is 1. The van der Waals surface area contributed by atoms with Crippen molar-refractivity contribution < 1.29 is 4.74 Å². The van der Waals surface area contributed by atoms with Crippen molar-refractivity contribution >= 4 is 0 Å². The van der Waals surface area contributed by atoms with E-state index in [9.17, 15) is 0 Å². The van der Waals surface area contributed by atoms with Crippen molar-refractivity contribution in [3.8, 4) is 17.8 Å². The minimum absolute atomic E-state index is 0.148. The highest BCUT2D eigenvalue weighted by Crippen LogP contribution is 2.16. The minimum atomic E-state index is 0.148. The van der Waals surface area contributed by atoms with Crippen LogP contribution in [0.1, 0.15) is 5.56 Å². The molecule has 1 heterocycles. The van der Waals surface area contributed by atoms with Gasteiger partial charge in [0.15, 0.2) is 0 Å². The molecule has 2 rings (SSSR count). The molecular weight excluding hydrogens is 182 g/mol. The summed E-state index contributed by atoms with van der Waals surface area (Å²) >= 11 is 0. The number of hydrogen-bond acceptors (Lipinski definition) is 5. The van der Waals surface area contributed by atoms with E-state index < -0.39 is 0 Å². The topological polar surface area (TPSA) is 87.5 Å². The van der Waals surface area contributed by atoms with Crippen molar-refractivity contribution in [3.05, 3.63) is 29.8 Å². The summed E-state index contributed by atoms with van der Waals surface area (Å²) in [5.41, 5.74) is 0.575. The van der Waals surface area contributed by atoms with Gasteiger partial charge in [-0.05, 0) is 29.5 Å². The summed E-state index contributed by atoms with van der Waals surface area (Å²) in [4.78, 5) is 0. The van der Waals surface area contributed by atoms with E-state index in [2.05, 4.69) is 20.6 Å². The molecule has 0 aliphatic heterocycles. The van der Waals surface area contributed by atoms with E-state index in [1.54, 1.807) is 24.3 Å². The zero-order valence-corrected chi connectivity index (χ0v) is 7.01. The molecule has 0 amide bonds. The van der Waals surface area contributed by atoms with Crippen molar-refractivity contribution in [1.29, 1.82) is 5.26 Å². The van der Waals surface area contributed by atoms with E-state index in [0.29, 0.717) is 11.3 Å². The van der Waals surface area contributed by atoms with Crippen molar-refractivity contribution in [3.63, 3.8) is 0 Å². The molecule has 2 aromatic rings. The number of aromatic amines is 1. The quantitative estimate of drug-likeness (QED) is 0.753. The molecule has 0 spiro atoms. The van der Waals surface area contributed by atoms with Crippen LogP contribution >= 0.6 is 0 Å². The van der Waals surface area contributed by atoms with E-state index >= 15 is 0 Å². The van der Waals surface area contributed by atoms with Gasteiger partial charge in [0.05, 0.1) is 11.6 Å². The van der Waals surface area contributed by atoms with Gasteiger partial charge >= 0.3 is 6.01 Å². The number of nitrogens with zero attached hydrogens (tertiary/aromatic N) is 4. The molecule has 14 heavy (non-hydrogen) atoms. The summed E-state index contributed by atoms with van der Waals surface area (Å²) in [6.45, 7) is 0. The molecule has 0 fully saturated rings. The Morgan fingerprint density at radius 1 is 1.29 bits per heavy atom. The molecule has 0 aliphatic rings. The first-order chi connectivity index (χ1) is 6.88. The van der Waals surface area contributed by atoms with Gasteiger partial charge in [-0.15, -0.1) is 0 Å². The SMILES string of the molecule is N#Cc1ccc(Oc2nn[nH]n2)cc1. The van der Waals surface area contributed by atoms with Crippen molar-refractivity contribution in [2.75, 3.05) is 0 Å². The average Bonchev–Trinajstić information content (AvgIpc) is 2.72. The van der Waals surface area contributed by atoms with Gasteiger partial charge < -0.3 is 4.74 Å². The number of ether oxygens (including phenoxy) is 1. The predicted octanol–water partition coefficient (Wildman–Crippen LogP) is 0.864. The summed E-state index contributed by atoms with van der Waals surface area (Å²) in [5, 5.41) is 21.4. The van der Waals surface area contributed by atoms with E-state index in [1.807, 2.05) is 6.07 Å². The van der Waals surface area contributed by atoms with Gasteiger partial charge in [-0.1, -0.05) is 10.2 Å². The van der Waals surface area contributed by atoms with E-state index in [-0.39, 0.29) is 6.01 Å². The normalized spacial score (nSPS) is 9.36. The molecule has 1 N–H and O–H groups in total. The fourth-order valence-electron chi connectivity index (χ4n) is 0.899. The van der Waals surface area contributed by atoms with Crippen LogP contribution in [0.5, 0.6) is 11.8 Å². The third-order valence-electron chi connectivity index (χ3n) is 1.52. The van der Waals surface area contributed by atoms with Crippen LogP contribution in [0, 0.1) is 11.3 Å². The van der Waals surface area contributed by atoms with Crippen LogP contribution in [0.3, 0.4) is 0 Å². The average molecular weight is 187 g/mol.